The Hall–Kier alpha value is -1.24. The molecule has 0 bridgehead atoms. The average molecular weight is 495 g/mol. The van der Waals surface area contributed by atoms with E-state index in [9.17, 15) is 21.6 Å². The van der Waals surface area contributed by atoms with Crippen LogP contribution in [0.1, 0.15) is 20.8 Å². The molecule has 11 heteroatoms. The Morgan fingerprint density at radius 3 is 2.16 bits per heavy atom. The first-order valence-corrected chi connectivity index (χ1v) is 8.43. The largest absolute Gasteiger partial charge is 0.501 e. The molecule has 0 aliphatic carbocycles. The molecule has 0 unspecified atom stereocenters. The summed E-state index contributed by atoms with van der Waals surface area (Å²) in [4.78, 5) is 3.19. The Labute approximate surface area is 162 Å². The highest BCUT2D eigenvalue weighted by Gasteiger charge is 2.46. The monoisotopic (exact) mass is 495 g/mol. The fourth-order valence-corrected chi connectivity index (χ4v) is 2.36. The maximum atomic E-state index is 12.4. The van der Waals surface area contributed by atoms with Crippen LogP contribution in [0, 0.1) is 0 Å². The highest BCUT2D eigenvalue weighted by Crippen LogP contribution is 2.30. The van der Waals surface area contributed by atoms with Gasteiger partial charge in [-0.25, -0.2) is 13.4 Å². The molecule has 0 spiro atoms. The van der Waals surface area contributed by atoms with Gasteiger partial charge in [0.15, 0.2) is 5.96 Å². The molecule has 144 valence electrons. The number of sulfone groups is 1. The van der Waals surface area contributed by atoms with E-state index >= 15 is 0 Å². The number of guanidine groups is 1. The summed E-state index contributed by atoms with van der Waals surface area (Å²) in [6.07, 6.45) is 0. The molecule has 3 N–H and O–H groups in total. The number of nitrogens with one attached hydrogen (secondary N) is 1. The van der Waals surface area contributed by atoms with E-state index in [4.69, 9.17) is 10.5 Å². The van der Waals surface area contributed by atoms with Crippen LogP contribution in [0.2, 0.25) is 0 Å². The van der Waals surface area contributed by atoms with Crippen molar-refractivity contribution >= 4 is 39.8 Å². The number of nitrogens with two attached hydrogens (primary N) is 1. The summed E-state index contributed by atoms with van der Waals surface area (Å²) in [5.74, 6) is 0.478. The number of benzene rings is 1. The van der Waals surface area contributed by atoms with E-state index in [1.807, 2.05) is 20.8 Å². The third kappa shape index (κ3) is 7.67. The van der Waals surface area contributed by atoms with Gasteiger partial charge >= 0.3 is 5.51 Å². The lowest BCUT2D eigenvalue weighted by molar-refractivity contribution is -0.0436. The van der Waals surface area contributed by atoms with Crippen molar-refractivity contribution in [1.29, 1.82) is 0 Å². The lowest BCUT2D eigenvalue weighted by Crippen LogP contribution is -2.45. The predicted molar refractivity (Wildman–Crippen MR) is 100.0 cm³/mol. The Morgan fingerprint density at radius 1 is 1.20 bits per heavy atom. The first-order chi connectivity index (χ1) is 10.8. The number of hydrogen-bond donors (Lipinski definition) is 2. The summed E-state index contributed by atoms with van der Waals surface area (Å²) in [6.45, 7) is 6.13. The topological polar surface area (TPSA) is 93.8 Å². The van der Waals surface area contributed by atoms with Crippen LogP contribution in [0.25, 0.3) is 0 Å². The molecule has 0 heterocycles. The third-order valence-corrected chi connectivity index (χ3v) is 4.09. The van der Waals surface area contributed by atoms with Crippen LogP contribution in [0.15, 0.2) is 34.2 Å². The van der Waals surface area contributed by atoms with E-state index in [-0.39, 0.29) is 54.4 Å². The van der Waals surface area contributed by atoms with Crippen LogP contribution in [0.3, 0.4) is 0 Å². The van der Waals surface area contributed by atoms with Crippen LogP contribution >= 0.6 is 24.0 Å². The lowest BCUT2D eigenvalue weighted by Gasteiger charge is -2.20. The van der Waals surface area contributed by atoms with Crippen molar-refractivity contribution in [1.82, 2.24) is 5.32 Å². The van der Waals surface area contributed by atoms with Crippen molar-refractivity contribution < 1.29 is 26.3 Å². The number of halogens is 4. The molecule has 0 saturated carbocycles. The van der Waals surface area contributed by atoms with Gasteiger partial charge in [-0.05, 0) is 45.0 Å². The summed E-state index contributed by atoms with van der Waals surface area (Å²) < 4.78 is 64.9. The number of alkyl halides is 3. The molecule has 0 aromatic heterocycles. The molecule has 0 atom stereocenters. The minimum absolute atomic E-state index is 0. The van der Waals surface area contributed by atoms with Crippen molar-refractivity contribution in [2.24, 2.45) is 10.7 Å². The second-order valence-electron chi connectivity index (χ2n) is 5.91. The summed E-state index contributed by atoms with van der Waals surface area (Å²) in [5.41, 5.74) is 0.0983. The van der Waals surface area contributed by atoms with Crippen LogP contribution in [-0.4, -0.2) is 38.6 Å². The zero-order chi connectivity index (χ0) is 18.6. The number of nitrogens with zero attached hydrogens (tertiary/aromatic N) is 1. The summed E-state index contributed by atoms with van der Waals surface area (Å²) >= 11 is 0. The van der Waals surface area contributed by atoms with E-state index in [2.05, 4.69) is 10.3 Å². The molecule has 0 aliphatic heterocycles. The summed E-state index contributed by atoms with van der Waals surface area (Å²) in [6, 6.07) is 3.99. The Balaban J connectivity index is 0.00000576. The molecule has 1 aromatic carbocycles. The van der Waals surface area contributed by atoms with E-state index < -0.39 is 20.2 Å². The van der Waals surface area contributed by atoms with Gasteiger partial charge in [0.05, 0.1) is 11.4 Å². The maximum absolute atomic E-state index is 12.4. The SMILES string of the molecule is CC(C)(C)NC(N)=NCCOc1ccc(S(=O)(=O)C(F)(F)F)cc1.I. The van der Waals surface area contributed by atoms with Gasteiger partial charge in [0, 0.05) is 5.54 Å². The molecule has 1 aromatic rings. The van der Waals surface area contributed by atoms with Gasteiger partial charge in [0.2, 0.25) is 0 Å². The minimum atomic E-state index is -5.35. The molecule has 0 fully saturated rings. The molecule has 25 heavy (non-hydrogen) atoms. The van der Waals surface area contributed by atoms with Crippen LogP contribution < -0.4 is 15.8 Å². The molecule has 6 nitrogen and oxygen atoms in total. The third-order valence-electron chi connectivity index (χ3n) is 2.58. The zero-order valence-corrected chi connectivity index (χ0v) is 17.1. The quantitative estimate of drug-likeness (QED) is 0.284. The van der Waals surface area contributed by atoms with Crippen molar-refractivity contribution in [2.75, 3.05) is 13.2 Å². The van der Waals surface area contributed by atoms with Crippen molar-refractivity contribution in [2.45, 2.75) is 36.7 Å². The van der Waals surface area contributed by atoms with Crippen molar-refractivity contribution in [3.05, 3.63) is 24.3 Å². The molecular weight excluding hydrogens is 474 g/mol. The standard InChI is InChI=1S/C14H20F3N3O3S.HI/c1-13(2,3)20-12(18)19-8-9-23-10-4-6-11(7-5-10)24(21,22)14(15,16)17;/h4-7H,8-9H2,1-3H3,(H3,18,19,20);1H. The van der Waals surface area contributed by atoms with Crippen LogP contribution in [-0.2, 0) is 9.84 Å². The first-order valence-electron chi connectivity index (χ1n) is 6.95. The Bertz CT molecular complexity index is 684. The van der Waals surface area contributed by atoms with Gasteiger partial charge in [-0.15, -0.1) is 24.0 Å². The van der Waals surface area contributed by atoms with Gasteiger partial charge in [0.25, 0.3) is 9.84 Å². The van der Waals surface area contributed by atoms with E-state index in [1.165, 1.54) is 0 Å². The predicted octanol–water partition coefficient (Wildman–Crippen LogP) is 2.68. The van der Waals surface area contributed by atoms with Gasteiger partial charge in [0.1, 0.15) is 12.4 Å². The second kappa shape index (κ2) is 8.92. The fourth-order valence-electron chi connectivity index (χ4n) is 1.60. The molecule has 1 rings (SSSR count). The molecule has 0 saturated heterocycles. The number of rotatable bonds is 5. The highest BCUT2D eigenvalue weighted by atomic mass is 127. The molecule has 0 radical (unpaired) electrons. The average Bonchev–Trinajstić information content (AvgIpc) is 2.41. The van der Waals surface area contributed by atoms with Crippen LogP contribution in [0.5, 0.6) is 5.75 Å². The lowest BCUT2D eigenvalue weighted by atomic mass is 10.1. The molecule has 0 amide bonds. The second-order valence-corrected chi connectivity index (χ2v) is 7.85. The van der Waals surface area contributed by atoms with Gasteiger partial charge in [-0.2, -0.15) is 13.2 Å². The number of ether oxygens (including phenoxy) is 1. The smallest absolute Gasteiger partial charge is 0.492 e. The van der Waals surface area contributed by atoms with E-state index in [1.54, 1.807) is 0 Å². The van der Waals surface area contributed by atoms with E-state index in [0.717, 1.165) is 24.3 Å². The Kier molecular flexibility index (Phi) is 8.48. The first kappa shape index (κ1) is 23.8. The maximum Gasteiger partial charge on any atom is 0.501 e. The molecule has 0 aliphatic rings. The fraction of sp³-hybridized carbons (Fsp3) is 0.500. The zero-order valence-electron chi connectivity index (χ0n) is 13.9. The van der Waals surface area contributed by atoms with E-state index in [0.29, 0.717) is 0 Å². The Morgan fingerprint density at radius 2 is 1.72 bits per heavy atom. The van der Waals surface area contributed by atoms with Gasteiger partial charge in [-0.3, -0.25) is 0 Å². The highest BCUT2D eigenvalue weighted by molar-refractivity contribution is 14.0. The number of hydrogen-bond acceptors (Lipinski definition) is 4. The van der Waals surface area contributed by atoms with Crippen molar-refractivity contribution in [3.8, 4) is 5.75 Å². The minimum Gasteiger partial charge on any atom is -0.492 e. The van der Waals surface area contributed by atoms with Crippen LogP contribution in [0.4, 0.5) is 13.2 Å². The van der Waals surface area contributed by atoms with Gasteiger partial charge in [-0.1, -0.05) is 0 Å². The van der Waals surface area contributed by atoms with Crippen molar-refractivity contribution in [3.63, 3.8) is 0 Å². The molecular formula is C14H21F3IN3O3S. The normalized spacial score (nSPS) is 13.1. The summed E-state index contributed by atoms with van der Waals surface area (Å²) in [7, 11) is -5.35. The van der Waals surface area contributed by atoms with Gasteiger partial charge < -0.3 is 15.8 Å². The summed E-state index contributed by atoms with van der Waals surface area (Å²) in [5, 5.41) is 2.95. The number of aliphatic imine (C=N–C) groups is 1.